The Hall–Kier alpha value is -1.86. The van der Waals surface area contributed by atoms with E-state index >= 15 is 0 Å². The molecule has 2 rings (SSSR count). The van der Waals surface area contributed by atoms with Gasteiger partial charge in [-0.25, -0.2) is 9.59 Å². The van der Waals surface area contributed by atoms with Crippen molar-refractivity contribution in [3.8, 4) is 0 Å². The minimum atomic E-state index is -1.12. The third-order valence-electron chi connectivity index (χ3n) is 2.60. The second kappa shape index (κ2) is 6.73. The number of halogens is 2. The van der Waals surface area contributed by atoms with E-state index in [1.165, 1.54) is 6.07 Å². The van der Waals surface area contributed by atoms with E-state index in [0.717, 1.165) is 4.47 Å². The first-order valence-corrected chi connectivity index (χ1v) is 7.42. The molecule has 0 unspecified atom stereocenters. The molecule has 2 aromatic rings. The highest BCUT2D eigenvalue weighted by Gasteiger charge is 2.15. The van der Waals surface area contributed by atoms with Gasteiger partial charge >= 0.3 is 12.0 Å². The van der Waals surface area contributed by atoms with Gasteiger partial charge in [-0.2, -0.15) is 0 Å². The Morgan fingerprint density at radius 2 is 1.57 bits per heavy atom. The number of nitrogens with one attached hydrogen (secondary N) is 2. The van der Waals surface area contributed by atoms with Gasteiger partial charge in [0.25, 0.3) is 0 Å². The number of hydrogen-bond acceptors (Lipinski definition) is 2. The fourth-order valence-electron chi connectivity index (χ4n) is 1.66. The smallest absolute Gasteiger partial charge is 0.337 e. The lowest BCUT2D eigenvalue weighted by Crippen LogP contribution is -2.21. The van der Waals surface area contributed by atoms with Crippen LogP contribution >= 0.6 is 31.9 Å². The van der Waals surface area contributed by atoms with E-state index in [2.05, 4.69) is 42.5 Å². The van der Waals surface area contributed by atoms with E-state index in [9.17, 15) is 9.59 Å². The largest absolute Gasteiger partial charge is 0.478 e. The maximum atomic E-state index is 12.0. The van der Waals surface area contributed by atoms with Gasteiger partial charge in [0, 0.05) is 8.95 Å². The van der Waals surface area contributed by atoms with Crippen LogP contribution in [0.2, 0.25) is 0 Å². The molecule has 7 heteroatoms. The number of aromatic carboxylic acids is 1. The molecule has 3 N–H and O–H groups in total. The molecule has 5 nitrogen and oxygen atoms in total. The number of anilines is 2. The van der Waals surface area contributed by atoms with Crippen LogP contribution in [0, 0.1) is 0 Å². The minimum Gasteiger partial charge on any atom is -0.478 e. The van der Waals surface area contributed by atoms with Gasteiger partial charge in [0.05, 0.1) is 16.9 Å². The summed E-state index contributed by atoms with van der Waals surface area (Å²) >= 11 is 6.55. The average molecular weight is 414 g/mol. The van der Waals surface area contributed by atoms with Crippen molar-refractivity contribution in [3.05, 3.63) is 57.0 Å². The number of amides is 2. The van der Waals surface area contributed by atoms with Crippen LogP contribution in [-0.4, -0.2) is 17.1 Å². The van der Waals surface area contributed by atoms with E-state index in [1.54, 1.807) is 30.3 Å². The first-order chi connectivity index (χ1) is 9.99. The van der Waals surface area contributed by atoms with Crippen LogP contribution in [0.25, 0.3) is 0 Å². The summed E-state index contributed by atoms with van der Waals surface area (Å²) in [6, 6.07) is 11.2. The van der Waals surface area contributed by atoms with Crippen LogP contribution < -0.4 is 10.6 Å². The highest BCUT2D eigenvalue weighted by molar-refractivity contribution is 9.11. The van der Waals surface area contributed by atoms with E-state index in [-0.39, 0.29) is 11.3 Å². The van der Waals surface area contributed by atoms with Crippen LogP contribution in [0.4, 0.5) is 16.2 Å². The van der Waals surface area contributed by atoms with E-state index in [1.807, 2.05) is 6.07 Å². The molecule has 108 valence electrons. The van der Waals surface area contributed by atoms with Gasteiger partial charge in [0.15, 0.2) is 0 Å². The van der Waals surface area contributed by atoms with Crippen LogP contribution in [0.15, 0.2) is 51.4 Å². The fourth-order valence-corrected chi connectivity index (χ4v) is 2.51. The maximum absolute atomic E-state index is 12.0. The molecule has 0 aliphatic carbocycles. The summed E-state index contributed by atoms with van der Waals surface area (Å²) in [6.07, 6.45) is 0. The quantitative estimate of drug-likeness (QED) is 0.690. The number of benzene rings is 2. The lowest BCUT2D eigenvalue weighted by atomic mass is 10.2. The van der Waals surface area contributed by atoms with Gasteiger partial charge in [-0.1, -0.05) is 18.2 Å². The van der Waals surface area contributed by atoms with Crippen molar-refractivity contribution >= 4 is 55.2 Å². The SMILES string of the molecule is O=C(Nc1ccccc1Br)Nc1c(Br)cccc1C(=O)O. The molecule has 0 saturated heterocycles. The third kappa shape index (κ3) is 3.83. The Bertz CT molecular complexity index is 704. The predicted molar refractivity (Wildman–Crippen MR) is 87.9 cm³/mol. The molecule has 0 fully saturated rings. The van der Waals surface area contributed by atoms with Gasteiger partial charge < -0.3 is 15.7 Å². The minimum absolute atomic E-state index is 0.00616. The summed E-state index contributed by atoms with van der Waals surface area (Å²) in [5.41, 5.74) is 0.792. The second-order valence-corrected chi connectivity index (χ2v) is 5.74. The number of carbonyl (C=O) groups excluding carboxylic acids is 1. The molecule has 0 atom stereocenters. The molecule has 0 radical (unpaired) electrons. The number of carboxylic acid groups (broad SMARTS) is 1. The van der Waals surface area contributed by atoms with Crippen LogP contribution in [0.1, 0.15) is 10.4 Å². The molecule has 0 heterocycles. The summed E-state index contributed by atoms with van der Waals surface area (Å²) in [5, 5.41) is 14.3. The Morgan fingerprint density at radius 3 is 2.24 bits per heavy atom. The Morgan fingerprint density at radius 1 is 0.905 bits per heavy atom. The Labute approximate surface area is 137 Å². The summed E-state index contributed by atoms with van der Waals surface area (Å²) in [4.78, 5) is 23.2. The normalized spacial score (nSPS) is 10.0. The molecule has 0 saturated carbocycles. The predicted octanol–water partition coefficient (Wildman–Crippen LogP) is 4.55. The number of carbonyl (C=O) groups is 2. The van der Waals surface area contributed by atoms with Gasteiger partial charge in [0.1, 0.15) is 0 Å². The highest BCUT2D eigenvalue weighted by atomic mass is 79.9. The summed E-state index contributed by atoms with van der Waals surface area (Å²) in [6.45, 7) is 0. The van der Waals surface area contributed by atoms with Crippen molar-refractivity contribution in [2.45, 2.75) is 0 Å². The lowest BCUT2D eigenvalue weighted by molar-refractivity contribution is 0.0698. The zero-order chi connectivity index (χ0) is 15.4. The van der Waals surface area contributed by atoms with E-state index < -0.39 is 12.0 Å². The Kier molecular flexibility index (Phi) is 4.98. The number of hydrogen-bond donors (Lipinski definition) is 3. The summed E-state index contributed by atoms with van der Waals surface area (Å²) < 4.78 is 1.22. The molecule has 0 aliphatic rings. The number of carboxylic acids is 1. The van der Waals surface area contributed by atoms with Gasteiger partial charge in [-0.3, -0.25) is 0 Å². The number of urea groups is 1. The fraction of sp³-hybridized carbons (Fsp3) is 0. The topological polar surface area (TPSA) is 78.4 Å². The van der Waals surface area contributed by atoms with Gasteiger partial charge in [-0.15, -0.1) is 0 Å². The molecule has 0 aromatic heterocycles. The van der Waals surface area contributed by atoms with Crippen LogP contribution in [-0.2, 0) is 0 Å². The monoisotopic (exact) mass is 412 g/mol. The maximum Gasteiger partial charge on any atom is 0.337 e. The number of rotatable bonds is 3. The zero-order valence-electron chi connectivity index (χ0n) is 10.6. The molecular formula is C14H10Br2N2O3. The first-order valence-electron chi connectivity index (χ1n) is 5.83. The standard InChI is InChI=1S/C14H10Br2N2O3/c15-9-5-1-2-7-11(9)17-14(21)18-12-8(13(19)20)4-3-6-10(12)16/h1-7H,(H,19,20)(H2,17,18,21). The molecular weight excluding hydrogens is 404 g/mol. The third-order valence-corrected chi connectivity index (χ3v) is 3.96. The summed E-state index contributed by atoms with van der Waals surface area (Å²) in [7, 11) is 0. The molecule has 2 aromatic carbocycles. The Balaban J connectivity index is 2.21. The van der Waals surface area contributed by atoms with Crippen molar-refractivity contribution in [2.24, 2.45) is 0 Å². The summed E-state index contributed by atoms with van der Waals surface area (Å²) in [5.74, 6) is -1.12. The molecule has 21 heavy (non-hydrogen) atoms. The zero-order valence-corrected chi connectivity index (χ0v) is 13.7. The molecule has 0 aliphatic heterocycles. The highest BCUT2D eigenvalue weighted by Crippen LogP contribution is 2.27. The lowest BCUT2D eigenvalue weighted by Gasteiger charge is -2.12. The number of para-hydroxylation sites is 2. The molecule has 0 bridgehead atoms. The van der Waals surface area contributed by atoms with Crippen molar-refractivity contribution in [3.63, 3.8) is 0 Å². The van der Waals surface area contributed by atoms with Crippen molar-refractivity contribution < 1.29 is 14.7 Å². The van der Waals surface area contributed by atoms with E-state index in [4.69, 9.17) is 5.11 Å². The molecule has 0 spiro atoms. The van der Waals surface area contributed by atoms with Crippen LogP contribution in [0.5, 0.6) is 0 Å². The van der Waals surface area contributed by atoms with E-state index in [0.29, 0.717) is 10.2 Å². The van der Waals surface area contributed by atoms with Gasteiger partial charge in [-0.05, 0) is 56.1 Å². The van der Waals surface area contributed by atoms with Gasteiger partial charge in [0.2, 0.25) is 0 Å². The average Bonchev–Trinajstić information content (AvgIpc) is 2.43. The second-order valence-electron chi connectivity index (χ2n) is 4.03. The molecule has 2 amide bonds. The van der Waals surface area contributed by atoms with Crippen molar-refractivity contribution in [1.82, 2.24) is 0 Å². The first kappa shape index (κ1) is 15.5. The van der Waals surface area contributed by atoms with Crippen LogP contribution in [0.3, 0.4) is 0 Å². The van der Waals surface area contributed by atoms with Crippen molar-refractivity contribution in [1.29, 1.82) is 0 Å². The van der Waals surface area contributed by atoms with Crippen molar-refractivity contribution in [2.75, 3.05) is 10.6 Å².